The van der Waals surface area contributed by atoms with Gasteiger partial charge in [-0.2, -0.15) is 0 Å². The quantitative estimate of drug-likeness (QED) is 0.633. The Morgan fingerprint density at radius 3 is 2.75 bits per heavy atom. The van der Waals surface area contributed by atoms with Crippen LogP contribution in [0.25, 0.3) is 11.4 Å². The van der Waals surface area contributed by atoms with Crippen LogP contribution in [0.3, 0.4) is 0 Å². The molecule has 1 fully saturated rings. The van der Waals surface area contributed by atoms with E-state index in [9.17, 15) is 9.59 Å². The number of hydrogen-bond donors (Lipinski definition) is 1. The van der Waals surface area contributed by atoms with E-state index in [1.165, 1.54) is 6.08 Å². The Balaban J connectivity index is 2.07. The Morgan fingerprint density at radius 2 is 2.07 bits per heavy atom. The van der Waals surface area contributed by atoms with Crippen molar-refractivity contribution in [3.8, 4) is 11.4 Å². The number of nitrogens with one attached hydrogen (secondary N) is 1. The first-order valence-electron chi connectivity index (χ1n) is 9.26. The third-order valence-corrected chi connectivity index (χ3v) is 4.52. The van der Waals surface area contributed by atoms with E-state index in [1.807, 2.05) is 37.3 Å². The highest BCUT2D eigenvalue weighted by Gasteiger charge is 2.30. The van der Waals surface area contributed by atoms with Crippen LogP contribution in [0.15, 0.2) is 43.0 Å². The molecule has 1 aromatic carbocycles. The molecule has 28 heavy (non-hydrogen) atoms. The lowest BCUT2D eigenvalue weighted by Crippen LogP contribution is -2.51. The fraction of sp³-hybridized carbons (Fsp3) is 0.333. The van der Waals surface area contributed by atoms with Gasteiger partial charge in [-0.15, -0.1) is 0 Å². The zero-order valence-electron chi connectivity index (χ0n) is 16.1. The van der Waals surface area contributed by atoms with E-state index >= 15 is 0 Å². The number of hydrogen-bond acceptors (Lipinski definition) is 6. The summed E-state index contributed by atoms with van der Waals surface area (Å²) in [6.45, 7) is 9.10. The number of piperazine rings is 1. The van der Waals surface area contributed by atoms with E-state index in [-0.39, 0.29) is 29.8 Å². The van der Waals surface area contributed by atoms with Crippen LogP contribution in [0, 0.1) is 6.92 Å². The standard InChI is InChI=1S/C21H24N4O3/c1-4-12-28-21(27)17-15(3)23-19(16-8-6-5-7-9-16)24-18(17)20(26)25-11-10-22-14(2)13-25/h4-9,14,22H,1,10-13H2,2-3H3. The van der Waals surface area contributed by atoms with Crippen LogP contribution >= 0.6 is 0 Å². The molecule has 1 unspecified atom stereocenters. The van der Waals surface area contributed by atoms with Crippen LogP contribution in [0.1, 0.15) is 33.5 Å². The number of rotatable bonds is 5. The second-order valence-electron chi connectivity index (χ2n) is 6.72. The highest BCUT2D eigenvalue weighted by Crippen LogP contribution is 2.21. The molecular formula is C21H24N4O3. The Labute approximate surface area is 164 Å². The zero-order chi connectivity index (χ0) is 20.1. The van der Waals surface area contributed by atoms with Gasteiger partial charge < -0.3 is 15.0 Å². The summed E-state index contributed by atoms with van der Waals surface area (Å²) in [5, 5.41) is 3.30. The highest BCUT2D eigenvalue weighted by molar-refractivity contribution is 6.05. The molecule has 1 saturated heterocycles. The molecule has 0 spiro atoms. The number of carbonyl (C=O) groups excluding carboxylic acids is 2. The lowest BCUT2D eigenvalue weighted by molar-refractivity contribution is 0.0536. The summed E-state index contributed by atoms with van der Waals surface area (Å²) in [5.74, 6) is -0.505. The van der Waals surface area contributed by atoms with Crippen molar-refractivity contribution in [1.29, 1.82) is 0 Å². The molecule has 1 amide bonds. The van der Waals surface area contributed by atoms with E-state index in [0.717, 1.165) is 5.56 Å². The van der Waals surface area contributed by atoms with Crippen LogP contribution in [0.4, 0.5) is 0 Å². The van der Waals surface area contributed by atoms with Gasteiger partial charge in [-0.25, -0.2) is 14.8 Å². The first-order chi connectivity index (χ1) is 13.5. The molecule has 1 aromatic heterocycles. The average molecular weight is 380 g/mol. The second-order valence-corrected chi connectivity index (χ2v) is 6.72. The number of aryl methyl sites for hydroxylation is 1. The van der Waals surface area contributed by atoms with Gasteiger partial charge in [-0.05, 0) is 13.8 Å². The molecule has 7 heteroatoms. The summed E-state index contributed by atoms with van der Waals surface area (Å²) in [6.07, 6.45) is 1.48. The average Bonchev–Trinajstić information content (AvgIpc) is 2.71. The highest BCUT2D eigenvalue weighted by atomic mass is 16.5. The van der Waals surface area contributed by atoms with E-state index in [4.69, 9.17) is 4.74 Å². The van der Waals surface area contributed by atoms with Gasteiger partial charge >= 0.3 is 5.97 Å². The SMILES string of the molecule is C=CCOC(=O)c1c(C)nc(-c2ccccc2)nc1C(=O)N1CCNC(C)C1. The van der Waals surface area contributed by atoms with E-state index in [0.29, 0.717) is 31.2 Å². The van der Waals surface area contributed by atoms with E-state index in [1.54, 1.807) is 11.8 Å². The molecule has 0 aliphatic carbocycles. The fourth-order valence-electron chi connectivity index (χ4n) is 3.16. The molecule has 7 nitrogen and oxygen atoms in total. The summed E-state index contributed by atoms with van der Waals surface area (Å²) in [7, 11) is 0. The zero-order valence-corrected chi connectivity index (χ0v) is 16.1. The van der Waals surface area contributed by atoms with Crippen LogP contribution in [-0.2, 0) is 4.74 Å². The first-order valence-corrected chi connectivity index (χ1v) is 9.26. The van der Waals surface area contributed by atoms with Crippen molar-refractivity contribution in [2.24, 2.45) is 0 Å². The lowest BCUT2D eigenvalue weighted by Gasteiger charge is -2.32. The molecule has 3 rings (SSSR count). The van der Waals surface area contributed by atoms with Gasteiger partial charge in [-0.3, -0.25) is 4.79 Å². The van der Waals surface area contributed by atoms with Crippen molar-refractivity contribution >= 4 is 11.9 Å². The normalized spacial score (nSPS) is 16.5. The molecule has 1 atom stereocenters. The Hall–Kier alpha value is -3.06. The Morgan fingerprint density at radius 1 is 1.32 bits per heavy atom. The molecule has 146 valence electrons. The molecule has 0 saturated carbocycles. The van der Waals surface area contributed by atoms with Crippen LogP contribution in [-0.4, -0.2) is 59.0 Å². The van der Waals surface area contributed by atoms with Gasteiger partial charge in [0.25, 0.3) is 5.91 Å². The number of ether oxygens (including phenoxy) is 1. The van der Waals surface area contributed by atoms with Crippen molar-refractivity contribution in [1.82, 2.24) is 20.2 Å². The van der Waals surface area contributed by atoms with Crippen molar-refractivity contribution in [2.45, 2.75) is 19.9 Å². The topological polar surface area (TPSA) is 84.4 Å². The molecule has 1 aliphatic rings. The maximum atomic E-state index is 13.3. The van der Waals surface area contributed by atoms with Crippen LogP contribution in [0.5, 0.6) is 0 Å². The van der Waals surface area contributed by atoms with Gasteiger partial charge in [0.1, 0.15) is 17.9 Å². The fourth-order valence-corrected chi connectivity index (χ4v) is 3.16. The summed E-state index contributed by atoms with van der Waals surface area (Å²) in [5.41, 5.74) is 1.38. The maximum Gasteiger partial charge on any atom is 0.342 e. The second kappa shape index (κ2) is 8.75. The maximum absolute atomic E-state index is 13.3. The van der Waals surface area contributed by atoms with E-state index < -0.39 is 5.97 Å². The third-order valence-electron chi connectivity index (χ3n) is 4.52. The van der Waals surface area contributed by atoms with Crippen molar-refractivity contribution in [2.75, 3.05) is 26.2 Å². The van der Waals surface area contributed by atoms with Gasteiger partial charge in [0.2, 0.25) is 0 Å². The van der Waals surface area contributed by atoms with Gasteiger partial charge in [-0.1, -0.05) is 43.0 Å². The van der Waals surface area contributed by atoms with Crippen molar-refractivity contribution in [3.05, 3.63) is 59.9 Å². The smallest absolute Gasteiger partial charge is 0.342 e. The van der Waals surface area contributed by atoms with Crippen molar-refractivity contribution < 1.29 is 14.3 Å². The minimum atomic E-state index is -0.622. The molecule has 1 aliphatic heterocycles. The first kappa shape index (κ1) is 19.7. The van der Waals surface area contributed by atoms with Gasteiger partial charge in [0.05, 0.1) is 5.69 Å². The minimum absolute atomic E-state index is 0.0526. The number of amides is 1. The number of esters is 1. The molecule has 0 radical (unpaired) electrons. The molecule has 0 bridgehead atoms. The number of carbonyl (C=O) groups is 2. The predicted molar refractivity (Wildman–Crippen MR) is 106 cm³/mol. The Kier molecular flexibility index (Phi) is 6.16. The summed E-state index contributed by atoms with van der Waals surface area (Å²) in [4.78, 5) is 36.5. The number of benzene rings is 1. The van der Waals surface area contributed by atoms with Gasteiger partial charge in [0.15, 0.2) is 5.82 Å². The largest absolute Gasteiger partial charge is 0.458 e. The lowest BCUT2D eigenvalue weighted by atomic mass is 10.1. The van der Waals surface area contributed by atoms with Crippen LogP contribution in [0.2, 0.25) is 0 Å². The molecule has 1 N–H and O–H groups in total. The molecule has 2 aromatic rings. The molecule has 2 heterocycles. The number of aromatic nitrogens is 2. The summed E-state index contributed by atoms with van der Waals surface area (Å²) in [6, 6.07) is 9.55. The Bertz CT molecular complexity index is 883. The summed E-state index contributed by atoms with van der Waals surface area (Å²) < 4.78 is 5.18. The van der Waals surface area contributed by atoms with E-state index in [2.05, 4.69) is 21.9 Å². The predicted octanol–water partition coefficient (Wildman–Crippen LogP) is 2.23. The number of nitrogens with zero attached hydrogens (tertiary/aromatic N) is 3. The molecular weight excluding hydrogens is 356 g/mol. The monoisotopic (exact) mass is 380 g/mol. The summed E-state index contributed by atoms with van der Waals surface area (Å²) >= 11 is 0. The van der Waals surface area contributed by atoms with Crippen LogP contribution < -0.4 is 5.32 Å². The van der Waals surface area contributed by atoms with Gasteiger partial charge in [0, 0.05) is 31.2 Å². The van der Waals surface area contributed by atoms with Crippen molar-refractivity contribution in [3.63, 3.8) is 0 Å². The minimum Gasteiger partial charge on any atom is -0.458 e. The third kappa shape index (κ3) is 4.26.